The van der Waals surface area contributed by atoms with Gasteiger partial charge in [0.25, 0.3) is 5.91 Å². The van der Waals surface area contributed by atoms with Gasteiger partial charge in [0.1, 0.15) is 11.8 Å². The first-order chi connectivity index (χ1) is 17.2. The van der Waals surface area contributed by atoms with E-state index in [0.717, 1.165) is 16.7 Å². The Balaban J connectivity index is 1.61. The summed E-state index contributed by atoms with van der Waals surface area (Å²) in [6, 6.07) is 31.0. The van der Waals surface area contributed by atoms with Crippen LogP contribution in [0.1, 0.15) is 22.7 Å². The topological polar surface area (TPSA) is 71.5 Å². The van der Waals surface area contributed by atoms with Gasteiger partial charge in [-0.15, -0.1) is 0 Å². The van der Waals surface area contributed by atoms with Crippen molar-refractivity contribution in [1.82, 2.24) is 15.2 Å². The van der Waals surface area contributed by atoms with Crippen molar-refractivity contribution < 1.29 is 14.3 Å². The quantitative estimate of drug-likeness (QED) is 0.373. The molecule has 1 heterocycles. The van der Waals surface area contributed by atoms with Crippen LogP contribution in [0, 0.1) is 0 Å². The zero-order chi connectivity index (χ0) is 24.3. The fourth-order valence-corrected chi connectivity index (χ4v) is 3.74. The molecule has 0 saturated heterocycles. The summed E-state index contributed by atoms with van der Waals surface area (Å²) in [6.07, 6.45) is 3.37. The van der Waals surface area contributed by atoms with Crippen molar-refractivity contribution in [2.45, 2.75) is 19.1 Å². The van der Waals surface area contributed by atoms with Crippen molar-refractivity contribution in [1.29, 1.82) is 0 Å². The molecule has 0 aliphatic carbocycles. The highest BCUT2D eigenvalue weighted by Crippen LogP contribution is 2.24. The predicted molar refractivity (Wildman–Crippen MR) is 134 cm³/mol. The van der Waals surface area contributed by atoms with Crippen molar-refractivity contribution in [2.24, 2.45) is 0 Å². The summed E-state index contributed by atoms with van der Waals surface area (Å²) in [4.78, 5) is 32.7. The zero-order valence-corrected chi connectivity index (χ0v) is 19.3. The molecule has 0 radical (unpaired) electrons. The molecule has 0 spiro atoms. The Bertz CT molecular complexity index is 1200. The number of hydrogen-bond donors (Lipinski definition) is 1. The van der Waals surface area contributed by atoms with Gasteiger partial charge in [0.05, 0.1) is 0 Å². The average Bonchev–Trinajstić information content (AvgIpc) is 2.92. The average molecular weight is 466 g/mol. The lowest BCUT2D eigenvalue weighted by atomic mass is 10.0. The first-order valence-electron chi connectivity index (χ1n) is 11.4. The van der Waals surface area contributed by atoms with Crippen LogP contribution in [0.25, 0.3) is 0 Å². The minimum atomic E-state index is -0.829. The van der Waals surface area contributed by atoms with Crippen LogP contribution in [0.15, 0.2) is 116 Å². The summed E-state index contributed by atoms with van der Waals surface area (Å²) in [5.74, 6) is 0.0431. The highest BCUT2D eigenvalue weighted by Gasteiger charge is 2.31. The van der Waals surface area contributed by atoms with E-state index in [-0.39, 0.29) is 25.0 Å². The number of nitrogens with zero attached hydrogens (tertiary/aromatic N) is 2. The highest BCUT2D eigenvalue weighted by molar-refractivity contribution is 5.89. The maximum Gasteiger partial charge on any atom is 0.261 e. The normalized spacial score (nSPS) is 11.3. The van der Waals surface area contributed by atoms with E-state index in [2.05, 4.69) is 10.3 Å². The molecule has 6 nitrogen and oxygen atoms in total. The van der Waals surface area contributed by atoms with Gasteiger partial charge in [-0.1, -0.05) is 78.9 Å². The molecular formula is C29H27N3O3. The standard InChI is InChI=1S/C29H27N3O3/c33-27(22-35-26-14-8-3-9-15-26)32(21-24-10-4-1-5-11-24)28(25-12-6-2-7-13-25)29(34)31-20-23-16-18-30-19-17-23/h1-19,28H,20-22H2,(H,31,34). The molecule has 3 aromatic carbocycles. The molecule has 1 unspecified atom stereocenters. The second kappa shape index (κ2) is 12.1. The number of aromatic nitrogens is 1. The van der Waals surface area contributed by atoms with E-state index in [9.17, 15) is 9.59 Å². The lowest BCUT2D eigenvalue weighted by Crippen LogP contribution is -2.45. The monoisotopic (exact) mass is 465 g/mol. The van der Waals surface area contributed by atoms with Crippen LogP contribution in [-0.2, 0) is 22.7 Å². The number of amides is 2. The van der Waals surface area contributed by atoms with E-state index in [1.807, 2.05) is 91.0 Å². The maximum absolute atomic E-state index is 13.6. The summed E-state index contributed by atoms with van der Waals surface area (Å²) in [7, 11) is 0. The lowest BCUT2D eigenvalue weighted by molar-refractivity contribution is -0.143. The van der Waals surface area contributed by atoms with Gasteiger partial charge in [-0.05, 0) is 41.0 Å². The Kier molecular flexibility index (Phi) is 8.22. The summed E-state index contributed by atoms with van der Waals surface area (Å²) < 4.78 is 5.75. The highest BCUT2D eigenvalue weighted by atomic mass is 16.5. The smallest absolute Gasteiger partial charge is 0.261 e. The first-order valence-corrected chi connectivity index (χ1v) is 11.4. The minimum absolute atomic E-state index is 0.183. The molecule has 176 valence electrons. The van der Waals surface area contributed by atoms with Crippen molar-refractivity contribution in [3.05, 3.63) is 132 Å². The van der Waals surface area contributed by atoms with E-state index < -0.39 is 6.04 Å². The minimum Gasteiger partial charge on any atom is -0.484 e. The number of carbonyl (C=O) groups excluding carboxylic acids is 2. The molecule has 0 aliphatic rings. The third kappa shape index (κ3) is 6.77. The van der Waals surface area contributed by atoms with Gasteiger partial charge < -0.3 is 15.0 Å². The predicted octanol–water partition coefficient (Wildman–Crippen LogP) is 4.55. The van der Waals surface area contributed by atoms with Crippen molar-refractivity contribution in [2.75, 3.05) is 6.61 Å². The Hall–Kier alpha value is -4.45. The van der Waals surface area contributed by atoms with E-state index in [1.54, 1.807) is 29.4 Å². The number of pyridine rings is 1. The van der Waals surface area contributed by atoms with E-state index in [4.69, 9.17) is 4.74 Å². The third-order valence-corrected chi connectivity index (χ3v) is 5.51. The Morgan fingerprint density at radius 1 is 0.771 bits per heavy atom. The number of rotatable bonds is 10. The number of ether oxygens (including phenoxy) is 1. The van der Waals surface area contributed by atoms with Crippen molar-refractivity contribution >= 4 is 11.8 Å². The number of para-hydroxylation sites is 1. The Labute approximate surface area is 205 Å². The number of carbonyl (C=O) groups is 2. The fourth-order valence-electron chi connectivity index (χ4n) is 3.74. The molecule has 1 atom stereocenters. The molecule has 1 N–H and O–H groups in total. The van der Waals surface area contributed by atoms with Crippen LogP contribution in [-0.4, -0.2) is 28.3 Å². The molecule has 2 amide bonds. The van der Waals surface area contributed by atoms with Crippen LogP contribution >= 0.6 is 0 Å². The Morgan fingerprint density at radius 3 is 2.03 bits per heavy atom. The summed E-state index contributed by atoms with van der Waals surface area (Å²) in [5.41, 5.74) is 2.57. The molecule has 0 aliphatic heterocycles. The summed E-state index contributed by atoms with van der Waals surface area (Å²) in [5, 5.41) is 2.99. The molecule has 35 heavy (non-hydrogen) atoms. The van der Waals surface area contributed by atoms with E-state index in [1.165, 1.54) is 0 Å². The molecule has 0 fully saturated rings. The second-order valence-corrected chi connectivity index (χ2v) is 8.00. The number of nitrogens with one attached hydrogen (secondary N) is 1. The van der Waals surface area contributed by atoms with Crippen LogP contribution in [0.3, 0.4) is 0 Å². The van der Waals surface area contributed by atoms with E-state index >= 15 is 0 Å². The van der Waals surface area contributed by atoms with Crippen molar-refractivity contribution in [3.8, 4) is 5.75 Å². The summed E-state index contributed by atoms with van der Waals surface area (Å²) in [6.45, 7) is 0.413. The third-order valence-electron chi connectivity index (χ3n) is 5.51. The molecular weight excluding hydrogens is 438 g/mol. The van der Waals surface area contributed by atoms with Gasteiger partial charge in [0.15, 0.2) is 6.61 Å². The maximum atomic E-state index is 13.6. The SMILES string of the molecule is O=C(NCc1ccncc1)C(c1ccccc1)N(Cc1ccccc1)C(=O)COc1ccccc1. The van der Waals surface area contributed by atoms with Crippen LogP contribution < -0.4 is 10.1 Å². The molecule has 4 aromatic rings. The fraction of sp³-hybridized carbons (Fsp3) is 0.138. The number of hydrogen-bond acceptors (Lipinski definition) is 4. The molecule has 6 heteroatoms. The largest absolute Gasteiger partial charge is 0.484 e. The van der Waals surface area contributed by atoms with Crippen LogP contribution in [0.2, 0.25) is 0 Å². The van der Waals surface area contributed by atoms with Gasteiger partial charge in [0.2, 0.25) is 5.91 Å². The molecule has 1 aromatic heterocycles. The first kappa shape index (κ1) is 23.7. The van der Waals surface area contributed by atoms with Crippen LogP contribution in [0.5, 0.6) is 5.75 Å². The van der Waals surface area contributed by atoms with Gasteiger partial charge in [-0.25, -0.2) is 0 Å². The Morgan fingerprint density at radius 2 is 1.37 bits per heavy atom. The molecule has 4 rings (SSSR count). The summed E-state index contributed by atoms with van der Waals surface area (Å²) >= 11 is 0. The van der Waals surface area contributed by atoms with Gasteiger partial charge in [-0.2, -0.15) is 0 Å². The molecule has 0 saturated carbocycles. The van der Waals surface area contributed by atoms with Gasteiger partial charge >= 0.3 is 0 Å². The van der Waals surface area contributed by atoms with Gasteiger partial charge in [0, 0.05) is 25.5 Å². The second-order valence-electron chi connectivity index (χ2n) is 8.00. The zero-order valence-electron chi connectivity index (χ0n) is 19.3. The lowest BCUT2D eigenvalue weighted by Gasteiger charge is -2.31. The van der Waals surface area contributed by atoms with E-state index in [0.29, 0.717) is 12.3 Å². The molecule has 0 bridgehead atoms. The van der Waals surface area contributed by atoms with Crippen LogP contribution in [0.4, 0.5) is 0 Å². The van der Waals surface area contributed by atoms with Crippen molar-refractivity contribution in [3.63, 3.8) is 0 Å². The van der Waals surface area contributed by atoms with Gasteiger partial charge in [-0.3, -0.25) is 14.6 Å². The number of benzene rings is 3.